The molecule has 0 bridgehead atoms. The summed E-state index contributed by atoms with van der Waals surface area (Å²) < 4.78 is 18.6. The van der Waals surface area contributed by atoms with Gasteiger partial charge in [-0.05, 0) is 25.1 Å². The molecule has 0 saturated carbocycles. The second kappa shape index (κ2) is 5.48. The summed E-state index contributed by atoms with van der Waals surface area (Å²) in [4.78, 5) is 16.2. The average Bonchev–Trinajstić information content (AvgIpc) is 2.42. The number of para-hydroxylation sites is 1. The molecular weight excluding hydrogens is 247 g/mol. The third-order valence-electron chi connectivity index (χ3n) is 2.58. The summed E-state index contributed by atoms with van der Waals surface area (Å²) in [6, 6.07) is 5.69. The molecule has 0 spiro atoms. The number of halogens is 1. The molecule has 0 saturated heterocycles. The van der Waals surface area contributed by atoms with E-state index >= 15 is 0 Å². The minimum absolute atomic E-state index is 0.121. The highest BCUT2D eigenvalue weighted by Crippen LogP contribution is 2.21. The summed E-state index contributed by atoms with van der Waals surface area (Å²) in [5, 5.41) is 0. The first-order valence-corrected chi connectivity index (χ1v) is 5.80. The zero-order valence-corrected chi connectivity index (χ0v) is 10.4. The Labute approximate surface area is 110 Å². The third kappa shape index (κ3) is 2.70. The molecule has 4 nitrogen and oxygen atoms in total. The standard InChI is InChI=1S/C14H13FN2O2/c1-2-19-10-6-9(7-17-8-10)14(18)11-4-3-5-12(15)13(11)16/h3-8H,2,16H2,1H3. The second-order valence-electron chi connectivity index (χ2n) is 3.87. The highest BCUT2D eigenvalue weighted by molar-refractivity contribution is 6.12. The molecule has 2 N–H and O–H groups in total. The van der Waals surface area contributed by atoms with Crippen LogP contribution in [0.2, 0.25) is 0 Å². The maximum atomic E-state index is 13.3. The number of hydrogen-bond acceptors (Lipinski definition) is 4. The fraction of sp³-hybridized carbons (Fsp3) is 0.143. The van der Waals surface area contributed by atoms with Crippen LogP contribution in [0.3, 0.4) is 0 Å². The van der Waals surface area contributed by atoms with Gasteiger partial charge in [-0.1, -0.05) is 6.07 Å². The number of benzene rings is 1. The number of nitrogens with two attached hydrogens (primary N) is 1. The largest absolute Gasteiger partial charge is 0.492 e. The molecule has 98 valence electrons. The smallest absolute Gasteiger partial charge is 0.196 e. The minimum atomic E-state index is -0.611. The Kier molecular flexibility index (Phi) is 3.75. The van der Waals surface area contributed by atoms with Gasteiger partial charge in [0.2, 0.25) is 0 Å². The second-order valence-corrected chi connectivity index (χ2v) is 3.87. The molecule has 1 aromatic heterocycles. The van der Waals surface area contributed by atoms with Crippen molar-refractivity contribution in [1.82, 2.24) is 4.98 Å². The quantitative estimate of drug-likeness (QED) is 0.677. The SMILES string of the molecule is CCOc1cncc(C(=O)c2cccc(F)c2N)c1. The van der Waals surface area contributed by atoms with Crippen molar-refractivity contribution >= 4 is 11.5 Å². The Morgan fingerprint density at radius 3 is 2.95 bits per heavy atom. The van der Waals surface area contributed by atoms with Crippen molar-refractivity contribution in [2.45, 2.75) is 6.92 Å². The molecule has 1 aromatic carbocycles. The molecule has 0 aliphatic heterocycles. The summed E-state index contributed by atoms with van der Waals surface area (Å²) in [5.41, 5.74) is 5.84. The van der Waals surface area contributed by atoms with Crippen LogP contribution in [0.15, 0.2) is 36.7 Å². The minimum Gasteiger partial charge on any atom is -0.492 e. The van der Waals surface area contributed by atoms with E-state index in [9.17, 15) is 9.18 Å². The number of nitrogen functional groups attached to an aromatic ring is 1. The average molecular weight is 260 g/mol. The lowest BCUT2D eigenvalue weighted by atomic mass is 10.0. The normalized spacial score (nSPS) is 10.2. The van der Waals surface area contributed by atoms with Crippen molar-refractivity contribution in [2.24, 2.45) is 0 Å². The third-order valence-corrected chi connectivity index (χ3v) is 2.58. The summed E-state index contributed by atoms with van der Waals surface area (Å²) in [6.45, 7) is 2.31. The van der Waals surface area contributed by atoms with Crippen LogP contribution in [0.1, 0.15) is 22.8 Å². The fourth-order valence-electron chi connectivity index (χ4n) is 1.68. The monoisotopic (exact) mass is 260 g/mol. The fourth-order valence-corrected chi connectivity index (χ4v) is 1.68. The van der Waals surface area contributed by atoms with Gasteiger partial charge in [0, 0.05) is 17.3 Å². The molecule has 0 aliphatic carbocycles. The lowest BCUT2D eigenvalue weighted by molar-refractivity contribution is 0.103. The topological polar surface area (TPSA) is 65.2 Å². The van der Waals surface area contributed by atoms with Gasteiger partial charge in [0.05, 0.1) is 18.5 Å². The number of hydrogen-bond donors (Lipinski definition) is 1. The highest BCUT2D eigenvalue weighted by atomic mass is 19.1. The Morgan fingerprint density at radius 2 is 2.21 bits per heavy atom. The van der Waals surface area contributed by atoms with E-state index < -0.39 is 5.82 Å². The molecule has 0 fully saturated rings. The number of aromatic nitrogens is 1. The van der Waals surface area contributed by atoms with Gasteiger partial charge in [-0.15, -0.1) is 0 Å². The molecular formula is C14H13FN2O2. The maximum Gasteiger partial charge on any atom is 0.196 e. The van der Waals surface area contributed by atoms with E-state index in [0.29, 0.717) is 17.9 Å². The van der Waals surface area contributed by atoms with Crippen molar-refractivity contribution in [3.63, 3.8) is 0 Å². The van der Waals surface area contributed by atoms with Gasteiger partial charge in [-0.2, -0.15) is 0 Å². The number of pyridine rings is 1. The van der Waals surface area contributed by atoms with Crippen LogP contribution in [0.4, 0.5) is 10.1 Å². The first-order valence-electron chi connectivity index (χ1n) is 5.80. The molecule has 0 unspecified atom stereocenters. The number of carbonyl (C=O) groups is 1. The van der Waals surface area contributed by atoms with Crippen LogP contribution >= 0.6 is 0 Å². The molecule has 0 aliphatic rings. The number of ketones is 1. The maximum absolute atomic E-state index is 13.3. The lowest BCUT2D eigenvalue weighted by Gasteiger charge is -2.07. The van der Waals surface area contributed by atoms with Gasteiger partial charge in [0.25, 0.3) is 0 Å². The van der Waals surface area contributed by atoms with Gasteiger partial charge in [0.15, 0.2) is 5.78 Å². The van der Waals surface area contributed by atoms with Gasteiger partial charge >= 0.3 is 0 Å². The predicted octanol–water partition coefficient (Wildman–Crippen LogP) is 2.43. The van der Waals surface area contributed by atoms with Crippen LogP contribution in [0, 0.1) is 5.82 Å². The first kappa shape index (κ1) is 13.0. The highest BCUT2D eigenvalue weighted by Gasteiger charge is 2.15. The van der Waals surface area contributed by atoms with E-state index in [4.69, 9.17) is 10.5 Å². The van der Waals surface area contributed by atoms with E-state index in [1.54, 1.807) is 6.07 Å². The number of rotatable bonds is 4. The molecule has 2 aromatic rings. The number of ether oxygens (including phenoxy) is 1. The first-order chi connectivity index (χ1) is 9.13. The molecule has 2 rings (SSSR count). The van der Waals surface area contributed by atoms with Crippen LogP contribution in [-0.4, -0.2) is 17.4 Å². The van der Waals surface area contributed by atoms with E-state index in [2.05, 4.69) is 4.98 Å². The lowest BCUT2D eigenvalue weighted by Crippen LogP contribution is -2.07. The van der Waals surface area contributed by atoms with E-state index in [0.717, 1.165) is 0 Å². The van der Waals surface area contributed by atoms with Crippen LogP contribution in [0.5, 0.6) is 5.75 Å². The molecule has 0 atom stereocenters. The summed E-state index contributed by atoms with van der Waals surface area (Å²) >= 11 is 0. The van der Waals surface area contributed by atoms with Crippen molar-refractivity contribution in [3.05, 3.63) is 53.6 Å². The van der Waals surface area contributed by atoms with Crippen molar-refractivity contribution in [1.29, 1.82) is 0 Å². The molecule has 5 heteroatoms. The number of anilines is 1. The molecule has 1 heterocycles. The van der Waals surface area contributed by atoms with Gasteiger partial charge in [0.1, 0.15) is 11.6 Å². The van der Waals surface area contributed by atoms with Gasteiger partial charge in [-0.25, -0.2) is 4.39 Å². The molecule has 19 heavy (non-hydrogen) atoms. The van der Waals surface area contributed by atoms with Crippen molar-refractivity contribution < 1.29 is 13.9 Å². The Hall–Kier alpha value is -2.43. The van der Waals surface area contributed by atoms with Crippen LogP contribution < -0.4 is 10.5 Å². The zero-order chi connectivity index (χ0) is 13.8. The molecule has 0 amide bonds. The summed E-state index contributed by atoms with van der Waals surface area (Å²) in [6.07, 6.45) is 2.91. The van der Waals surface area contributed by atoms with E-state index in [1.807, 2.05) is 6.92 Å². The molecule has 0 radical (unpaired) electrons. The predicted molar refractivity (Wildman–Crippen MR) is 69.7 cm³/mol. The van der Waals surface area contributed by atoms with E-state index in [-0.39, 0.29) is 17.0 Å². The summed E-state index contributed by atoms with van der Waals surface area (Å²) in [7, 11) is 0. The van der Waals surface area contributed by atoms with E-state index in [1.165, 1.54) is 30.6 Å². The Morgan fingerprint density at radius 1 is 1.42 bits per heavy atom. The Balaban J connectivity index is 2.38. The van der Waals surface area contributed by atoms with Crippen LogP contribution in [-0.2, 0) is 0 Å². The van der Waals surface area contributed by atoms with Gasteiger partial charge < -0.3 is 10.5 Å². The number of carbonyl (C=O) groups excluding carboxylic acids is 1. The number of nitrogens with zero attached hydrogens (tertiary/aromatic N) is 1. The van der Waals surface area contributed by atoms with Crippen molar-refractivity contribution in [2.75, 3.05) is 12.3 Å². The Bertz CT molecular complexity index is 614. The zero-order valence-electron chi connectivity index (χ0n) is 10.4. The van der Waals surface area contributed by atoms with Gasteiger partial charge in [-0.3, -0.25) is 9.78 Å². The van der Waals surface area contributed by atoms with Crippen LogP contribution in [0.25, 0.3) is 0 Å². The summed E-state index contributed by atoms with van der Waals surface area (Å²) in [5.74, 6) is -0.505. The van der Waals surface area contributed by atoms with Crippen molar-refractivity contribution in [3.8, 4) is 5.75 Å².